The minimum Gasteiger partial charge on any atom is -0.497 e. The number of likely N-dealkylation sites (tertiary alicyclic amines) is 2. The number of carbonyl (C=O) groups excluding carboxylic acids is 1. The minimum atomic E-state index is -0.165. The fourth-order valence-electron chi connectivity index (χ4n) is 4.86. The Bertz CT molecular complexity index is 881. The molecule has 2 fully saturated rings. The Hall–Kier alpha value is -1.79. The fourth-order valence-corrected chi connectivity index (χ4v) is 4.99. The van der Waals surface area contributed by atoms with Gasteiger partial charge in [-0.15, -0.1) is 12.4 Å². The summed E-state index contributed by atoms with van der Waals surface area (Å²) in [5.41, 5.74) is 8.48. The molecule has 174 valence electrons. The first-order valence-corrected chi connectivity index (χ1v) is 11.5. The van der Waals surface area contributed by atoms with Crippen LogP contribution in [-0.4, -0.2) is 49.0 Å². The van der Waals surface area contributed by atoms with E-state index in [1.807, 2.05) is 53.4 Å². The molecular formula is C25H33Cl2N3O2. The number of methoxy groups -OCH3 is 1. The molecule has 0 saturated carbocycles. The fraction of sp³-hybridized carbons (Fsp3) is 0.480. The lowest BCUT2D eigenvalue weighted by molar-refractivity contribution is -0.138. The average molecular weight is 478 g/mol. The number of nitrogens with two attached hydrogens (primary N) is 1. The Kier molecular flexibility index (Phi) is 8.45. The van der Waals surface area contributed by atoms with Gasteiger partial charge in [-0.25, -0.2) is 0 Å². The maximum atomic E-state index is 13.2. The van der Waals surface area contributed by atoms with Crippen LogP contribution in [0.3, 0.4) is 0 Å². The van der Waals surface area contributed by atoms with Crippen LogP contribution in [0, 0.1) is 5.41 Å². The highest BCUT2D eigenvalue weighted by Gasteiger charge is 2.47. The van der Waals surface area contributed by atoms with Crippen molar-refractivity contribution in [1.29, 1.82) is 0 Å². The largest absolute Gasteiger partial charge is 0.497 e. The van der Waals surface area contributed by atoms with Crippen molar-refractivity contribution < 1.29 is 9.53 Å². The molecule has 4 rings (SSSR count). The molecule has 7 heteroatoms. The number of benzene rings is 2. The van der Waals surface area contributed by atoms with Crippen molar-refractivity contribution in [2.24, 2.45) is 11.1 Å². The Balaban J connectivity index is 0.00000289. The summed E-state index contributed by atoms with van der Waals surface area (Å²) < 4.78 is 5.23. The highest BCUT2D eigenvalue weighted by molar-refractivity contribution is 6.30. The number of amides is 1. The van der Waals surface area contributed by atoms with Crippen LogP contribution in [0.1, 0.15) is 42.9 Å². The zero-order valence-electron chi connectivity index (χ0n) is 18.6. The Labute approximate surface area is 202 Å². The van der Waals surface area contributed by atoms with Crippen molar-refractivity contribution in [2.45, 2.75) is 38.3 Å². The number of piperidine rings is 1. The van der Waals surface area contributed by atoms with Crippen LogP contribution in [-0.2, 0) is 11.3 Å². The summed E-state index contributed by atoms with van der Waals surface area (Å²) in [5, 5.41) is 0.736. The molecule has 0 aliphatic carbocycles. The number of ether oxygens (including phenoxy) is 1. The molecule has 2 aromatic rings. The standard InChI is InChI=1S/C25H32ClN3O2.ClH/c1-31-22-8-2-19(3-9-22)18-29-17-13-25(24(29)30)11-15-28(16-12-25)14-10-23(27)20-4-6-21(26)7-5-20;/h2-9,23H,10-18,27H2,1H3;1H. The van der Waals surface area contributed by atoms with Crippen molar-refractivity contribution in [3.05, 3.63) is 64.7 Å². The third-order valence-electron chi connectivity index (χ3n) is 7.00. The SMILES string of the molecule is COc1ccc(CN2CCC3(CCN(CCC(N)c4ccc(Cl)cc4)CC3)C2=O)cc1.Cl. The topological polar surface area (TPSA) is 58.8 Å². The summed E-state index contributed by atoms with van der Waals surface area (Å²) in [5.74, 6) is 1.18. The van der Waals surface area contributed by atoms with E-state index in [4.69, 9.17) is 22.1 Å². The summed E-state index contributed by atoms with van der Waals surface area (Å²) in [6.45, 7) is 4.44. The lowest BCUT2D eigenvalue weighted by Crippen LogP contribution is -2.45. The normalized spacial score (nSPS) is 19.1. The average Bonchev–Trinajstić information content (AvgIpc) is 3.09. The molecule has 0 radical (unpaired) electrons. The van der Waals surface area contributed by atoms with Gasteiger partial charge in [0.05, 0.1) is 12.5 Å². The molecule has 2 N–H and O–H groups in total. The van der Waals surface area contributed by atoms with Gasteiger partial charge in [0.2, 0.25) is 5.91 Å². The van der Waals surface area contributed by atoms with Crippen molar-refractivity contribution >= 4 is 29.9 Å². The third-order valence-corrected chi connectivity index (χ3v) is 7.25. The van der Waals surface area contributed by atoms with E-state index in [1.165, 1.54) is 0 Å². The molecular weight excluding hydrogens is 445 g/mol. The first-order chi connectivity index (χ1) is 15.0. The van der Waals surface area contributed by atoms with Gasteiger partial charge in [0.25, 0.3) is 0 Å². The number of carbonyl (C=O) groups is 1. The molecule has 5 nitrogen and oxygen atoms in total. The number of rotatable bonds is 7. The molecule has 0 bridgehead atoms. The Morgan fingerprint density at radius 2 is 1.66 bits per heavy atom. The monoisotopic (exact) mass is 477 g/mol. The second kappa shape index (κ2) is 10.9. The number of hydrogen-bond acceptors (Lipinski definition) is 4. The quantitative estimate of drug-likeness (QED) is 0.628. The zero-order chi connectivity index (χ0) is 21.8. The van der Waals surface area contributed by atoms with Crippen LogP contribution in [0.2, 0.25) is 5.02 Å². The maximum Gasteiger partial charge on any atom is 0.229 e. The zero-order valence-corrected chi connectivity index (χ0v) is 20.2. The van der Waals surface area contributed by atoms with Gasteiger partial charge in [-0.05, 0) is 80.7 Å². The molecule has 2 aliphatic heterocycles. The van der Waals surface area contributed by atoms with E-state index in [-0.39, 0.29) is 23.9 Å². The van der Waals surface area contributed by atoms with E-state index in [2.05, 4.69) is 4.90 Å². The van der Waals surface area contributed by atoms with Gasteiger partial charge in [0.1, 0.15) is 5.75 Å². The van der Waals surface area contributed by atoms with E-state index in [0.29, 0.717) is 12.5 Å². The van der Waals surface area contributed by atoms with Crippen molar-refractivity contribution in [1.82, 2.24) is 9.80 Å². The summed E-state index contributed by atoms with van der Waals surface area (Å²) >= 11 is 5.97. The van der Waals surface area contributed by atoms with Crippen LogP contribution in [0.15, 0.2) is 48.5 Å². The maximum absolute atomic E-state index is 13.2. The van der Waals surface area contributed by atoms with Crippen molar-refractivity contribution in [2.75, 3.05) is 33.3 Å². The van der Waals surface area contributed by atoms with E-state index in [0.717, 1.165) is 73.8 Å². The van der Waals surface area contributed by atoms with Gasteiger partial charge in [-0.1, -0.05) is 35.9 Å². The summed E-state index contributed by atoms with van der Waals surface area (Å²) in [6.07, 6.45) is 3.77. The number of nitrogens with zero attached hydrogens (tertiary/aromatic N) is 2. The lowest BCUT2D eigenvalue weighted by atomic mass is 9.77. The van der Waals surface area contributed by atoms with Crippen LogP contribution < -0.4 is 10.5 Å². The second-order valence-corrected chi connectivity index (χ2v) is 9.33. The smallest absolute Gasteiger partial charge is 0.229 e. The number of hydrogen-bond donors (Lipinski definition) is 1. The van der Waals surface area contributed by atoms with Gasteiger partial charge < -0.3 is 20.3 Å². The van der Waals surface area contributed by atoms with Crippen LogP contribution >= 0.6 is 24.0 Å². The van der Waals surface area contributed by atoms with Crippen molar-refractivity contribution in [3.8, 4) is 5.75 Å². The van der Waals surface area contributed by atoms with Crippen LogP contribution in [0.5, 0.6) is 5.75 Å². The third kappa shape index (κ3) is 5.57. The summed E-state index contributed by atoms with van der Waals surface area (Å²) in [4.78, 5) is 17.7. The van der Waals surface area contributed by atoms with Crippen molar-refractivity contribution in [3.63, 3.8) is 0 Å². The number of halogens is 2. The summed E-state index contributed by atoms with van der Waals surface area (Å²) in [7, 11) is 1.67. The predicted molar refractivity (Wildman–Crippen MR) is 131 cm³/mol. The van der Waals surface area contributed by atoms with Crippen LogP contribution in [0.25, 0.3) is 0 Å². The lowest BCUT2D eigenvalue weighted by Gasteiger charge is -2.38. The molecule has 1 unspecified atom stereocenters. The van der Waals surface area contributed by atoms with Gasteiger partial charge in [0, 0.05) is 24.2 Å². The molecule has 1 amide bonds. The van der Waals surface area contributed by atoms with Gasteiger partial charge in [-0.3, -0.25) is 4.79 Å². The second-order valence-electron chi connectivity index (χ2n) is 8.89. The highest BCUT2D eigenvalue weighted by atomic mass is 35.5. The molecule has 2 saturated heterocycles. The van der Waals surface area contributed by atoms with E-state index in [1.54, 1.807) is 7.11 Å². The van der Waals surface area contributed by atoms with Gasteiger partial charge >= 0.3 is 0 Å². The molecule has 32 heavy (non-hydrogen) atoms. The molecule has 2 heterocycles. The molecule has 1 spiro atoms. The van der Waals surface area contributed by atoms with Crippen LogP contribution in [0.4, 0.5) is 0 Å². The molecule has 1 atom stereocenters. The molecule has 2 aromatic carbocycles. The first kappa shape index (κ1) is 24.8. The first-order valence-electron chi connectivity index (χ1n) is 11.1. The Morgan fingerprint density at radius 3 is 2.28 bits per heavy atom. The van der Waals surface area contributed by atoms with E-state index < -0.39 is 0 Å². The van der Waals surface area contributed by atoms with Gasteiger partial charge in [-0.2, -0.15) is 0 Å². The summed E-state index contributed by atoms with van der Waals surface area (Å²) in [6, 6.07) is 15.8. The molecule has 0 aromatic heterocycles. The van der Waals surface area contributed by atoms with E-state index >= 15 is 0 Å². The minimum absolute atomic E-state index is 0. The van der Waals surface area contributed by atoms with Gasteiger partial charge in [0.15, 0.2) is 0 Å². The highest BCUT2D eigenvalue weighted by Crippen LogP contribution is 2.42. The van der Waals surface area contributed by atoms with E-state index in [9.17, 15) is 4.79 Å². The Morgan fingerprint density at radius 1 is 1.03 bits per heavy atom. The predicted octanol–water partition coefficient (Wildman–Crippen LogP) is 4.68. The molecule has 2 aliphatic rings.